The minimum Gasteiger partial charge on any atom is -0.478 e. The van der Waals surface area contributed by atoms with Crippen LogP contribution >= 0.6 is 15.9 Å². The van der Waals surface area contributed by atoms with Crippen molar-refractivity contribution < 1.29 is 19.4 Å². The molecular formula is C24H18BrN3O4. The lowest BCUT2D eigenvalue weighted by atomic mass is 9.98. The number of benzene rings is 3. The minimum absolute atomic E-state index is 0.0409. The summed E-state index contributed by atoms with van der Waals surface area (Å²) in [6.07, 6.45) is -0.625. The number of carbonyl (C=O) groups excluding carboxylic acids is 1. The van der Waals surface area contributed by atoms with Gasteiger partial charge in [0.2, 0.25) is 5.95 Å². The number of nitrogens with one attached hydrogen (secondary N) is 1. The van der Waals surface area contributed by atoms with Gasteiger partial charge in [0, 0.05) is 17.4 Å². The van der Waals surface area contributed by atoms with E-state index in [0.29, 0.717) is 15.5 Å². The Bertz CT molecular complexity index is 1350. The average Bonchev–Trinajstić information content (AvgIpc) is 3.27. The van der Waals surface area contributed by atoms with Crippen LogP contribution in [0.5, 0.6) is 0 Å². The number of aryl methyl sites for hydroxylation is 1. The summed E-state index contributed by atoms with van der Waals surface area (Å²) in [5.74, 6) is -0.828. The monoisotopic (exact) mass is 491 g/mol. The highest BCUT2D eigenvalue weighted by atomic mass is 79.9. The zero-order valence-corrected chi connectivity index (χ0v) is 18.6. The fourth-order valence-corrected chi connectivity index (χ4v) is 4.97. The maximum Gasteiger partial charge on any atom is 0.414 e. The number of fused-ring (bicyclic) bond motifs is 4. The van der Waals surface area contributed by atoms with E-state index in [-0.39, 0.29) is 24.0 Å². The van der Waals surface area contributed by atoms with Crippen molar-refractivity contribution in [1.29, 1.82) is 0 Å². The first kappa shape index (κ1) is 20.3. The van der Waals surface area contributed by atoms with Gasteiger partial charge < -0.3 is 14.4 Å². The molecule has 0 unspecified atom stereocenters. The van der Waals surface area contributed by atoms with Crippen LogP contribution in [0.4, 0.5) is 10.7 Å². The number of imidazole rings is 1. The van der Waals surface area contributed by atoms with E-state index in [9.17, 15) is 14.7 Å². The second-order valence-electron chi connectivity index (χ2n) is 7.58. The molecule has 8 heteroatoms. The highest BCUT2D eigenvalue weighted by Crippen LogP contribution is 2.44. The van der Waals surface area contributed by atoms with Crippen LogP contribution in [0.25, 0.3) is 22.2 Å². The smallest absolute Gasteiger partial charge is 0.414 e. The van der Waals surface area contributed by atoms with Gasteiger partial charge in [0.05, 0.1) is 16.6 Å². The Balaban J connectivity index is 1.36. The Hall–Kier alpha value is -3.65. The first-order valence-corrected chi connectivity index (χ1v) is 10.7. The predicted octanol–water partition coefficient (Wildman–Crippen LogP) is 5.40. The van der Waals surface area contributed by atoms with Crippen molar-refractivity contribution in [2.24, 2.45) is 7.05 Å². The van der Waals surface area contributed by atoms with Gasteiger partial charge in [0.15, 0.2) is 0 Å². The Morgan fingerprint density at radius 3 is 2.34 bits per heavy atom. The second-order valence-corrected chi connectivity index (χ2v) is 8.43. The largest absolute Gasteiger partial charge is 0.478 e. The molecule has 0 fully saturated rings. The number of ether oxygens (including phenoxy) is 1. The van der Waals surface area contributed by atoms with Crippen LogP contribution in [0.2, 0.25) is 0 Å². The van der Waals surface area contributed by atoms with E-state index < -0.39 is 12.1 Å². The molecule has 0 saturated heterocycles. The molecule has 1 heterocycles. The second kappa shape index (κ2) is 7.80. The van der Waals surface area contributed by atoms with Crippen molar-refractivity contribution >= 4 is 45.0 Å². The third kappa shape index (κ3) is 3.33. The van der Waals surface area contributed by atoms with E-state index in [0.717, 1.165) is 22.3 Å². The zero-order valence-electron chi connectivity index (χ0n) is 17.0. The van der Waals surface area contributed by atoms with Crippen molar-refractivity contribution in [1.82, 2.24) is 9.55 Å². The molecule has 2 N–H and O–H groups in total. The van der Waals surface area contributed by atoms with Crippen molar-refractivity contribution in [3.05, 3.63) is 81.8 Å². The Morgan fingerprint density at radius 1 is 1.09 bits per heavy atom. The number of halogens is 1. The summed E-state index contributed by atoms with van der Waals surface area (Å²) in [6, 6.07) is 19.2. The van der Waals surface area contributed by atoms with Crippen LogP contribution in [0, 0.1) is 0 Å². The number of carbonyl (C=O) groups is 2. The summed E-state index contributed by atoms with van der Waals surface area (Å²) in [5.41, 5.74) is 5.81. The van der Waals surface area contributed by atoms with Crippen LogP contribution in [0.15, 0.2) is 65.1 Å². The Morgan fingerprint density at radius 2 is 1.72 bits per heavy atom. The van der Waals surface area contributed by atoms with Gasteiger partial charge in [-0.05, 0) is 50.3 Å². The number of hydrogen-bond acceptors (Lipinski definition) is 4. The molecule has 0 aliphatic heterocycles. The Labute approximate surface area is 191 Å². The molecule has 0 spiro atoms. The summed E-state index contributed by atoms with van der Waals surface area (Å²) in [5, 5.41) is 11.9. The molecule has 1 aliphatic rings. The fourth-order valence-electron chi connectivity index (χ4n) is 4.26. The minimum atomic E-state index is -1.05. The summed E-state index contributed by atoms with van der Waals surface area (Å²) in [7, 11) is 1.74. The number of amides is 1. The van der Waals surface area contributed by atoms with E-state index >= 15 is 0 Å². The van der Waals surface area contributed by atoms with Gasteiger partial charge in [0.1, 0.15) is 6.61 Å². The maximum absolute atomic E-state index is 12.6. The summed E-state index contributed by atoms with van der Waals surface area (Å²) in [4.78, 5) is 28.3. The number of carboxylic acids is 1. The number of aromatic nitrogens is 2. The highest BCUT2D eigenvalue weighted by molar-refractivity contribution is 9.10. The first-order valence-electron chi connectivity index (χ1n) is 9.95. The number of hydrogen-bond donors (Lipinski definition) is 2. The number of carboxylic acid groups (broad SMARTS) is 1. The maximum atomic E-state index is 12.6. The quantitative estimate of drug-likeness (QED) is 0.398. The number of aromatic carboxylic acids is 1. The van der Waals surface area contributed by atoms with Gasteiger partial charge in [0.25, 0.3) is 0 Å². The van der Waals surface area contributed by atoms with Crippen LogP contribution in [-0.2, 0) is 11.8 Å². The third-order valence-electron chi connectivity index (χ3n) is 5.73. The molecular weight excluding hydrogens is 474 g/mol. The number of anilines is 1. The van der Waals surface area contributed by atoms with Crippen molar-refractivity contribution in [2.75, 3.05) is 11.9 Å². The molecule has 0 bridgehead atoms. The number of rotatable bonds is 4. The van der Waals surface area contributed by atoms with Gasteiger partial charge in [-0.2, -0.15) is 0 Å². The normalized spacial score (nSPS) is 12.4. The molecule has 4 aromatic rings. The van der Waals surface area contributed by atoms with E-state index in [2.05, 4.69) is 50.5 Å². The molecule has 160 valence electrons. The van der Waals surface area contributed by atoms with Gasteiger partial charge in [-0.3, -0.25) is 5.32 Å². The van der Waals surface area contributed by atoms with Crippen molar-refractivity contribution in [3.8, 4) is 11.1 Å². The van der Waals surface area contributed by atoms with Crippen LogP contribution < -0.4 is 5.32 Å². The van der Waals surface area contributed by atoms with Gasteiger partial charge in [-0.15, -0.1) is 0 Å². The molecule has 0 atom stereocenters. The third-order valence-corrected chi connectivity index (χ3v) is 6.33. The molecule has 1 amide bonds. The first-order chi connectivity index (χ1) is 15.4. The van der Waals surface area contributed by atoms with E-state index in [1.165, 1.54) is 12.1 Å². The van der Waals surface area contributed by atoms with Crippen LogP contribution in [-0.4, -0.2) is 33.3 Å². The molecule has 1 aliphatic carbocycles. The van der Waals surface area contributed by atoms with Crippen LogP contribution in [0.1, 0.15) is 27.4 Å². The number of nitrogens with zero attached hydrogens (tertiary/aromatic N) is 2. The molecule has 5 rings (SSSR count). The lowest BCUT2D eigenvalue weighted by Crippen LogP contribution is -2.19. The lowest BCUT2D eigenvalue weighted by molar-refractivity contribution is 0.0697. The van der Waals surface area contributed by atoms with E-state index in [4.69, 9.17) is 4.74 Å². The van der Waals surface area contributed by atoms with E-state index in [1.54, 1.807) is 11.6 Å². The van der Waals surface area contributed by atoms with Crippen LogP contribution in [0.3, 0.4) is 0 Å². The summed E-state index contributed by atoms with van der Waals surface area (Å²) < 4.78 is 7.82. The molecule has 0 saturated carbocycles. The SMILES string of the molecule is Cn1c(NC(=O)OCC2c3ccccc3-c3ccccc32)nc2cc(C(=O)O)cc(Br)c21. The lowest BCUT2D eigenvalue weighted by Gasteiger charge is -2.14. The average molecular weight is 492 g/mol. The van der Waals surface area contributed by atoms with Crippen molar-refractivity contribution in [2.45, 2.75) is 5.92 Å². The fraction of sp³-hybridized carbons (Fsp3) is 0.125. The van der Waals surface area contributed by atoms with Gasteiger partial charge >= 0.3 is 12.1 Å². The van der Waals surface area contributed by atoms with E-state index in [1.807, 2.05) is 24.3 Å². The topological polar surface area (TPSA) is 93.5 Å². The molecule has 3 aromatic carbocycles. The summed E-state index contributed by atoms with van der Waals surface area (Å²) in [6.45, 7) is 0.191. The molecule has 7 nitrogen and oxygen atoms in total. The highest BCUT2D eigenvalue weighted by Gasteiger charge is 2.29. The Kier molecular flexibility index (Phi) is 4.94. The predicted molar refractivity (Wildman–Crippen MR) is 124 cm³/mol. The standard InChI is InChI=1S/C24H18BrN3O4/c1-28-21-19(25)10-13(22(29)30)11-20(21)26-23(28)27-24(31)32-12-18-16-8-4-2-6-14(16)15-7-3-5-9-17(15)18/h2-11,18H,12H2,1H3,(H,29,30)(H,26,27,31). The summed E-state index contributed by atoms with van der Waals surface area (Å²) >= 11 is 3.38. The molecule has 1 aromatic heterocycles. The molecule has 0 radical (unpaired) electrons. The van der Waals surface area contributed by atoms with Gasteiger partial charge in [-0.25, -0.2) is 14.6 Å². The zero-order chi connectivity index (χ0) is 22.4. The van der Waals surface area contributed by atoms with Gasteiger partial charge in [-0.1, -0.05) is 48.5 Å². The molecule has 32 heavy (non-hydrogen) atoms. The van der Waals surface area contributed by atoms with Crippen molar-refractivity contribution in [3.63, 3.8) is 0 Å².